The molecule has 2 amide bonds. The average molecular weight is 403 g/mol. The lowest BCUT2D eigenvalue weighted by molar-refractivity contribution is 0.0698. The van der Waals surface area contributed by atoms with Gasteiger partial charge in [-0.25, -0.2) is 0 Å². The third-order valence-corrected chi connectivity index (χ3v) is 5.10. The van der Waals surface area contributed by atoms with Crippen molar-refractivity contribution in [2.75, 3.05) is 27.3 Å². The summed E-state index contributed by atoms with van der Waals surface area (Å²) in [5, 5.41) is 3.50. The number of piperidine rings is 1. The summed E-state index contributed by atoms with van der Waals surface area (Å²) in [4.78, 5) is 27.0. The van der Waals surface area contributed by atoms with Crippen molar-refractivity contribution in [2.45, 2.75) is 18.9 Å². The summed E-state index contributed by atoms with van der Waals surface area (Å²) in [5.41, 5.74) is 1.04. The van der Waals surface area contributed by atoms with Crippen molar-refractivity contribution in [2.24, 2.45) is 0 Å². The molecule has 1 aliphatic heterocycles. The van der Waals surface area contributed by atoms with Crippen LogP contribution in [0.15, 0.2) is 42.5 Å². The van der Waals surface area contributed by atoms with Gasteiger partial charge in [-0.05, 0) is 55.3 Å². The number of benzene rings is 2. The molecule has 2 aromatic rings. The van der Waals surface area contributed by atoms with E-state index in [4.69, 9.17) is 21.1 Å². The lowest BCUT2D eigenvalue weighted by atomic mass is 10.0. The van der Waals surface area contributed by atoms with E-state index in [1.165, 1.54) is 7.11 Å². The monoisotopic (exact) mass is 402 g/mol. The third kappa shape index (κ3) is 4.57. The summed E-state index contributed by atoms with van der Waals surface area (Å²) in [6.07, 6.45) is 1.38. The maximum absolute atomic E-state index is 12.6. The minimum absolute atomic E-state index is 0.00361. The van der Waals surface area contributed by atoms with E-state index >= 15 is 0 Å². The van der Waals surface area contributed by atoms with Crippen LogP contribution in [-0.4, -0.2) is 50.1 Å². The van der Waals surface area contributed by atoms with Crippen LogP contribution in [0.4, 0.5) is 0 Å². The summed E-state index contributed by atoms with van der Waals surface area (Å²) >= 11 is 6.00. The molecule has 0 aliphatic carbocycles. The molecule has 1 N–H and O–H groups in total. The third-order valence-electron chi connectivity index (χ3n) is 4.86. The molecule has 1 saturated heterocycles. The number of carbonyl (C=O) groups excluding carboxylic acids is 2. The molecular weight excluding hydrogens is 380 g/mol. The van der Waals surface area contributed by atoms with Gasteiger partial charge in [-0.1, -0.05) is 11.6 Å². The highest BCUT2D eigenvalue weighted by Gasteiger charge is 2.25. The second-order valence-electron chi connectivity index (χ2n) is 6.61. The first-order chi connectivity index (χ1) is 13.5. The highest BCUT2D eigenvalue weighted by Crippen LogP contribution is 2.23. The number of nitrogens with one attached hydrogen (secondary N) is 1. The summed E-state index contributed by atoms with van der Waals surface area (Å²) in [7, 11) is 3.11. The predicted octanol–water partition coefficient (Wildman–Crippen LogP) is 3.39. The van der Waals surface area contributed by atoms with E-state index in [-0.39, 0.29) is 17.9 Å². The van der Waals surface area contributed by atoms with Gasteiger partial charge in [0.2, 0.25) is 0 Å². The normalized spacial score (nSPS) is 14.5. The van der Waals surface area contributed by atoms with E-state index in [1.807, 2.05) is 4.90 Å². The summed E-state index contributed by atoms with van der Waals surface area (Å²) in [6.45, 7) is 1.17. The van der Waals surface area contributed by atoms with Crippen molar-refractivity contribution in [3.63, 3.8) is 0 Å². The number of carbonyl (C=O) groups is 2. The molecule has 1 fully saturated rings. The zero-order chi connectivity index (χ0) is 20.1. The number of rotatable bonds is 5. The fraction of sp³-hybridized carbons (Fsp3) is 0.333. The van der Waals surface area contributed by atoms with Crippen LogP contribution >= 0.6 is 11.6 Å². The van der Waals surface area contributed by atoms with E-state index in [0.717, 1.165) is 5.75 Å². The lowest BCUT2D eigenvalue weighted by Crippen LogP contribution is -2.46. The summed E-state index contributed by atoms with van der Waals surface area (Å²) in [6, 6.07) is 12.0. The molecule has 1 aliphatic rings. The number of ether oxygens (including phenoxy) is 2. The van der Waals surface area contributed by atoms with Crippen LogP contribution in [0, 0.1) is 0 Å². The molecule has 6 nitrogen and oxygen atoms in total. The van der Waals surface area contributed by atoms with Gasteiger partial charge < -0.3 is 19.7 Å². The Morgan fingerprint density at radius 3 is 2.32 bits per heavy atom. The SMILES string of the molecule is COc1ccc(C(=O)N2CCC(NC(=O)c3cc(Cl)ccc3OC)CC2)cc1. The Morgan fingerprint density at radius 1 is 1.04 bits per heavy atom. The Labute approximate surface area is 169 Å². The number of methoxy groups -OCH3 is 2. The quantitative estimate of drug-likeness (QED) is 0.832. The first kappa shape index (κ1) is 20.0. The Kier molecular flexibility index (Phi) is 6.41. The first-order valence-electron chi connectivity index (χ1n) is 9.09. The Balaban J connectivity index is 1.57. The Hall–Kier alpha value is -2.73. The maximum atomic E-state index is 12.6. The number of hydrogen-bond donors (Lipinski definition) is 1. The van der Waals surface area contributed by atoms with Gasteiger partial charge in [-0.2, -0.15) is 0 Å². The average Bonchev–Trinajstić information content (AvgIpc) is 2.73. The molecule has 0 atom stereocenters. The topological polar surface area (TPSA) is 67.9 Å². The van der Waals surface area contributed by atoms with Crippen LogP contribution in [0.2, 0.25) is 5.02 Å². The fourth-order valence-electron chi connectivity index (χ4n) is 3.26. The van der Waals surface area contributed by atoms with E-state index in [1.54, 1.807) is 49.6 Å². The van der Waals surface area contributed by atoms with Gasteiger partial charge in [0.1, 0.15) is 11.5 Å². The van der Waals surface area contributed by atoms with Gasteiger partial charge in [0.25, 0.3) is 11.8 Å². The second kappa shape index (κ2) is 8.97. The van der Waals surface area contributed by atoms with Crippen LogP contribution in [0.3, 0.4) is 0 Å². The zero-order valence-electron chi connectivity index (χ0n) is 15.9. The van der Waals surface area contributed by atoms with Crippen LogP contribution in [0.1, 0.15) is 33.6 Å². The van der Waals surface area contributed by atoms with Gasteiger partial charge in [0.05, 0.1) is 19.8 Å². The molecule has 0 radical (unpaired) electrons. The molecule has 148 valence electrons. The number of nitrogens with zero attached hydrogens (tertiary/aromatic N) is 1. The van der Waals surface area contributed by atoms with Crippen molar-refractivity contribution in [1.29, 1.82) is 0 Å². The summed E-state index contributed by atoms with van der Waals surface area (Å²) < 4.78 is 10.4. The van der Waals surface area contributed by atoms with Gasteiger partial charge in [0, 0.05) is 29.7 Å². The standard InChI is InChI=1S/C21H23ClN2O4/c1-27-17-6-3-14(4-7-17)21(26)24-11-9-16(10-12-24)23-20(25)18-13-15(22)5-8-19(18)28-2/h3-8,13,16H,9-12H2,1-2H3,(H,23,25). The lowest BCUT2D eigenvalue weighted by Gasteiger charge is -2.32. The molecule has 3 rings (SSSR count). The first-order valence-corrected chi connectivity index (χ1v) is 9.47. The van der Waals surface area contributed by atoms with Gasteiger partial charge in [-0.15, -0.1) is 0 Å². The fourth-order valence-corrected chi connectivity index (χ4v) is 3.44. The molecule has 0 unspecified atom stereocenters. The number of likely N-dealkylation sites (tertiary alicyclic amines) is 1. The molecule has 0 aromatic heterocycles. The molecular formula is C21H23ClN2O4. The highest BCUT2D eigenvalue weighted by atomic mass is 35.5. The maximum Gasteiger partial charge on any atom is 0.255 e. The van der Waals surface area contributed by atoms with Crippen LogP contribution in [-0.2, 0) is 0 Å². The molecule has 0 bridgehead atoms. The molecule has 28 heavy (non-hydrogen) atoms. The number of amides is 2. The second-order valence-corrected chi connectivity index (χ2v) is 7.05. The van der Waals surface area contributed by atoms with Gasteiger partial charge >= 0.3 is 0 Å². The van der Waals surface area contributed by atoms with Crippen molar-refractivity contribution in [1.82, 2.24) is 10.2 Å². The van der Waals surface area contributed by atoms with Crippen molar-refractivity contribution < 1.29 is 19.1 Å². The van der Waals surface area contributed by atoms with E-state index in [9.17, 15) is 9.59 Å². The zero-order valence-corrected chi connectivity index (χ0v) is 16.7. The van der Waals surface area contributed by atoms with Crippen molar-refractivity contribution in [3.05, 3.63) is 58.6 Å². The van der Waals surface area contributed by atoms with Crippen molar-refractivity contribution >= 4 is 23.4 Å². The Bertz CT molecular complexity index is 846. The smallest absolute Gasteiger partial charge is 0.255 e. The molecule has 7 heteroatoms. The van der Waals surface area contributed by atoms with E-state index < -0.39 is 0 Å². The Morgan fingerprint density at radius 2 is 1.71 bits per heavy atom. The summed E-state index contributed by atoms with van der Waals surface area (Å²) in [5.74, 6) is 0.964. The van der Waals surface area contributed by atoms with Crippen LogP contribution in [0.25, 0.3) is 0 Å². The predicted molar refractivity (Wildman–Crippen MR) is 107 cm³/mol. The van der Waals surface area contributed by atoms with E-state index in [0.29, 0.717) is 47.8 Å². The van der Waals surface area contributed by atoms with Gasteiger partial charge in [-0.3, -0.25) is 9.59 Å². The molecule has 1 heterocycles. The van der Waals surface area contributed by atoms with Crippen molar-refractivity contribution in [3.8, 4) is 11.5 Å². The van der Waals surface area contributed by atoms with E-state index in [2.05, 4.69) is 5.32 Å². The number of halogens is 1. The van der Waals surface area contributed by atoms with Gasteiger partial charge in [0.15, 0.2) is 0 Å². The number of hydrogen-bond acceptors (Lipinski definition) is 4. The van der Waals surface area contributed by atoms with Crippen LogP contribution < -0.4 is 14.8 Å². The minimum atomic E-state index is -0.223. The molecule has 0 saturated carbocycles. The van der Waals surface area contributed by atoms with Crippen LogP contribution in [0.5, 0.6) is 11.5 Å². The highest BCUT2D eigenvalue weighted by molar-refractivity contribution is 6.31. The largest absolute Gasteiger partial charge is 0.497 e. The minimum Gasteiger partial charge on any atom is -0.497 e. The molecule has 2 aromatic carbocycles. The molecule has 0 spiro atoms.